The van der Waals surface area contributed by atoms with Crippen LogP contribution in [0.1, 0.15) is 12.8 Å². The molecule has 0 aromatic carbocycles. The minimum Gasteiger partial charge on any atom is -0.480 e. The van der Waals surface area contributed by atoms with E-state index in [2.05, 4.69) is 0 Å². The Hall–Kier alpha value is -0.610. The maximum atomic E-state index is 10.4. The third-order valence-corrected chi connectivity index (χ3v) is 2.47. The molecule has 0 amide bonds. The SMILES string of the molecule is O=C(O)C1CC2(O)CCN12. The molecule has 10 heavy (non-hydrogen) atoms. The van der Waals surface area contributed by atoms with Crippen molar-refractivity contribution in [3.05, 3.63) is 0 Å². The van der Waals surface area contributed by atoms with Crippen molar-refractivity contribution in [3.8, 4) is 0 Å². The molecule has 2 unspecified atom stereocenters. The minimum atomic E-state index is -0.815. The molecule has 2 heterocycles. The molecule has 56 valence electrons. The van der Waals surface area contributed by atoms with Crippen LogP contribution in [-0.2, 0) is 4.79 Å². The summed E-state index contributed by atoms with van der Waals surface area (Å²) in [5.74, 6) is -0.815. The molecule has 2 rings (SSSR count). The summed E-state index contributed by atoms with van der Waals surface area (Å²) in [6.45, 7) is 0.730. The van der Waals surface area contributed by atoms with Crippen molar-refractivity contribution in [2.45, 2.75) is 24.6 Å². The van der Waals surface area contributed by atoms with E-state index in [9.17, 15) is 9.90 Å². The van der Waals surface area contributed by atoms with Gasteiger partial charge in [-0.25, -0.2) is 0 Å². The lowest BCUT2D eigenvalue weighted by Gasteiger charge is -2.61. The first kappa shape index (κ1) is 6.12. The Balaban J connectivity index is 2.04. The standard InChI is InChI=1S/C6H9NO3/c8-5(9)4-3-6(10)1-2-7(4)6/h4,10H,1-3H2,(H,8,9). The first-order chi connectivity index (χ1) is 4.63. The summed E-state index contributed by atoms with van der Waals surface area (Å²) >= 11 is 0. The van der Waals surface area contributed by atoms with E-state index < -0.39 is 17.7 Å². The maximum Gasteiger partial charge on any atom is 0.321 e. The zero-order valence-corrected chi connectivity index (χ0v) is 5.45. The van der Waals surface area contributed by atoms with Crippen LogP contribution < -0.4 is 0 Å². The molecule has 2 fully saturated rings. The van der Waals surface area contributed by atoms with Crippen molar-refractivity contribution in [1.82, 2.24) is 4.90 Å². The van der Waals surface area contributed by atoms with Gasteiger partial charge >= 0.3 is 5.97 Å². The Bertz CT molecular complexity index is 193. The van der Waals surface area contributed by atoms with Crippen molar-refractivity contribution in [1.29, 1.82) is 0 Å². The quantitative estimate of drug-likeness (QED) is 0.506. The zero-order chi connectivity index (χ0) is 7.35. The van der Waals surface area contributed by atoms with E-state index in [-0.39, 0.29) is 0 Å². The normalized spacial score (nSPS) is 45.1. The number of hydrogen-bond donors (Lipinski definition) is 2. The highest BCUT2D eigenvalue weighted by atomic mass is 16.4. The van der Waals surface area contributed by atoms with E-state index in [4.69, 9.17) is 5.11 Å². The van der Waals surface area contributed by atoms with Gasteiger partial charge in [-0.3, -0.25) is 9.69 Å². The molecule has 2 aliphatic heterocycles. The Morgan fingerprint density at radius 3 is 2.50 bits per heavy atom. The van der Waals surface area contributed by atoms with Gasteiger partial charge in [0.05, 0.1) is 0 Å². The summed E-state index contributed by atoms with van der Waals surface area (Å²) in [4.78, 5) is 12.0. The smallest absolute Gasteiger partial charge is 0.321 e. The highest BCUT2D eigenvalue weighted by Crippen LogP contribution is 2.44. The topological polar surface area (TPSA) is 60.8 Å². The third kappa shape index (κ3) is 0.507. The Labute approximate surface area is 58.1 Å². The lowest BCUT2D eigenvalue weighted by Crippen LogP contribution is -2.76. The number of aliphatic carboxylic acids is 1. The van der Waals surface area contributed by atoms with Gasteiger partial charge in [0, 0.05) is 19.4 Å². The zero-order valence-electron chi connectivity index (χ0n) is 5.45. The maximum absolute atomic E-state index is 10.4. The number of rotatable bonds is 1. The molecule has 0 aromatic rings. The van der Waals surface area contributed by atoms with Gasteiger partial charge in [0.25, 0.3) is 0 Å². The largest absolute Gasteiger partial charge is 0.480 e. The number of carboxylic acid groups (broad SMARTS) is 1. The predicted molar refractivity (Wildman–Crippen MR) is 32.3 cm³/mol. The van der Waals surface area contributed by atoms with E-state index in [1.54, 1.807) is 4.90 Å². The van der Waals surface area contributed by atoms with Gasteiger partial charge in [-0.15, -0.1) is 0 Å². The third-order valence-electron chi connectivity index (χ3n) is 2.47. The summed E-state index contributed by atoms with van der Waals surface area (Å²) < 4.78 is 0. The molecule has 0 aromatic heterocycles. The van der Waals surface area contributed by atoms with Crippen LogP contribution >= 0.6 is 0 Å². The number of carbonyl (C=O) groups is 1. The van der Waals surface area contributed by atoms with Crippen molar-refractivity contribution in [2.24, 2.45) is 0 Å². The number of fused-ring (bicyclic) bond motifs is 1. The lowest BCUT2D eigenvalue weighted by molar-refractivity contribution is -0.279. The summed E-state index contributed by atoms with van der Waals surface area (Å²) in [6, 6.07) is -0.418. The Morgan fingerprint density at radius 2 is 2.40 bits per heavy atom. The summed E-state index contributed by atoms with van der Waals surface area (Å²) in [5, 5.41) is 17.9. The molecule has 0 saturated carbocycles. The fraction of sp³-hybridized carbons (Fsp3) is 0.833. The van der Waals surface area contributed by atoms with Gasteiger partial charge in [-0.1, -0.05) is 0 Å². The van der Waals surface area contributed by atoms with Crippen molar-refractivity contribution in [2.75, 3.05) is 6.54 Å². The molecule has 2 aliphatic rings. The first-order valence-corrected chi connectivity index (χ1v) is 3.35. The average molecular weight is 143 g/mol. The van der Waals surface area contributed by atoms with E-state index >= 15 is 0 Å². The van der Waals surface area contributed by atoms with Gasteiger partial charge in [0.1, 0.15) is 11.8 Å². The highest BCUT2D eigenvalue weighted by Gasteiger charge is 2.59. The van der Waals surface area contributed by atoms with Crippen LogP contribution in [0.3, 0.4) is 0 Å². The molecule has 0 spiro atoms. The summed E-state index contributed by atoms with van der Waals surface area (Å²) in [7, 11) is 0. The molecule has 2 saturated heterocycles. The van der Waals surface area contributed by atoms with Gasteiger partial charge in [0.2, 0.25) is 0 Å². The minimum absolute atomic E-state index is 0.405. The highest BCUT2D eigenvalue weighted by molar-refractivity contribution is 5.75. The Morgan fingerprint density at radius 1 is 1.70 bits per heavy atom. The number of hydrogen-bond acceptors (Lipinski definition) is 3. The predicted octanol–water partition coefficient (Wildman–Crippen LogP) is -0.762. The molecule has 0 bridgehead atoms. The number of carboxylic acids is 1. The molecule has 4 nitrogen and oxygen atoms in total. The van der Waals surface area contributed by atoms with Crippen molar-refractivity contribution >= 4 is 5.97 Å². The molecule has 0 aliphatic carbocycles. The second kappa shape index (κ2) is 1.52. The van der Waals surface area contributed by atoms with Crippen LogP contribution in [-0.4, -0.2) is 39.4 Å². The molecule has 2 N–H and O–H groups in total. The van der Waals surface area contributed by atoms with Crippen LogP contribution in [0, 0.1) is 0 Å². The van der Waals surface area contributed by atoms with E-state index in [1.165, 1.54) is 0 Å². The van der Waals surface area contributed by atoms with Crippen molar-refractivity contribution < 1.29 is 15.0 Å². The van der Waals surface area contributed by atoms with Crippen LogP contribution in [0.4, 0.5) is 0 Å². The summed E-state index contributed by atoms with van der Waals surface area (Å²) in [6.07, 6.45) is 1.14. The Kier molecular flexibility index (Phi) is 0.928. The van der Waals surface area contributed by atoms with Crippen LogP contribution in [0.15, 0.2) is 0 Å². The van der Waals surface area contributed by atoms with Crippen LogP contribution in [0.5, 0.6) is 0 Å². The second-order valence-electron chi connectivity index (χ2n) is 2.98. The van der Waals surface area contributed by atoms with Gasteiger partial charge in [0.15, 0.2) is 0 Å². The van der Waals surface area contributed by atoms with E-state index in [0.717, 1.165) is 13.0 Å². The number of piperidine rings is 1. The van der Waals surface area contributed by atoms with Gasteiger partial charge in [-0.2, -0.15) is 0 Å². The lowest BCUT2D eigenvalue weighted by atomic mass is 9.79. The van der Waals surface area contributed by atoms with Crippen LogP contribution in [0.25, 0.3) is 0 Å². The molecular weight excluding hydrogens is 134 g/mol. The van der Waals surface area contributed by atoms with E-state index in [0.29, 0.717) is 6.42 Å². The van der Waals surface area contributed by atoms with Gasteiger partial charge < -0.3 is 10.2 Å². The van der Waals surface area contributed by atoms with Crippen molar-refractivity contribution in [3.63, 3.8) is 0 Å². The van der Waals surface area contributed by atoms with Crippen LogP contribution in [0.2, 0.25) is 0 Å². The fourth-order valence-corrected chi connectivity index (χ4v) is 1.69. The van der Waals surface area contributed by atoms with E-state index in [1.807, 2.05) is 0 Å². The average Bonchev–Trinajstić information content (AvgIpc) is 1.85. The number of nitrogens with zero attached hydrogens (tertiary/aromatic N) is 1. The fourth-order valence-electron chi connectivity index (χ4n) is 1.69. The monoisotopic (exact) mass is 143 g/mol. The first-order valence-electron chi connectivity index (χ1n) is 3.35. The summed E-state index contributed by atoms with van der Waals surface area (Å²) in [5.41, 5.74) is -0.733. The second-order valence-corrected chi connectivity index (χ2v) is 2.98. The molecular formula is C6H9NO3. The molecule has 4 heteroatoms. The molecule has 2 atom stereocenters. The number of aliphatic hydroxyl groups is 1. The van der Waals surface area contributed by atoms with Gasteiger partial charge in [-0.05, 0) is 0 Å². The molecule has 0 radical (unpaired) electrons.